The molecular formula is C41H42N10O19S6. The van der Waals surface area contributed by atoms with Crippen LogP contribution in [0, 0.1) is 0 Å². The van der Waals surface area contributed by atoms with Gasteiger partial charge in [-0.1, -0.05) is 0 Å². The van der Waals surface area contributed by atoms with Crippen molar-refractivity contribution in [1.82, 2.24) is 0 Å². The molecule has 6 aromatic rings. The van der Waals surface area contributed by atoms with Crippen LogP contribution < -0.4 is 25.8 Å². The van der Waals surface area contributed by atoms with Crippen molar-refractivity contribution in [3.05, 3.63) is 91.0 Å². The molecule has 0 aliphatic rings. The van der Waals surface area contributed by atoms with E-state index >= 15 is 0 Å². The number of benzene rings is 6. The molecule has 0 saturated heterocycles. The van der Waals surface area contributed by atoms with Crippen LogP contribution in [0.2, 0.25) is 0 Å². The van der Waals surface area contributed by atoms with Gasteiger partial charge in [-0.3, -0.25) is 22.9 Å². The number of anilines is 4. The predicted molar refractivity (Wildman–Crippen MR) is 273 cm³/mol. The maximum Gasteiger partial charge on any atom is 0.397 e. The number of nitrogen functional groups attached to an aromatic ring is 2. The molecule has 76 heavy (non-hydrogen) atoms. The number of rotatable bonds is 21. The molecule has 406 valence electrons. The van der Waals surface area contributed by atoms with Gasteiger partial charge in [0.2, 0.25) is 0 Å². The molecule has 29 nitrogen and oxygen atoms in total. The van der Waals surface area contributed by atoms with E-state index in [9.17, 15) is 69.3 Å². The summed E-state index contributed by atoms with van der Waals surface area (Å²) in [6, 6.07) is 16.4. The molecule has 0 atom stereocenters. The van der Waals surface area contributed by atoms with Crippen molar-refractivity contribution >= 4 is 128 Å². The van der Waals surface area contributed by atoms with Crippen molar-refractivity contribution in [2.45, 2.75) is 38.3 Å². The van der Waals surface area contributed by atoms with Gasteiger partial charge in [-0.05, 0) is 104 Å². The van der Waals surface area contributed by atoms with Gasteiger partial charge in [-0.25, -0.2) is 21.0 Å². The Morgan fingerprint density at radius 1 is 0.592 bits per heavy atom. The van der Waals surface area contributed by atoms with Gasteiger partial charge in [0.05, 0.1) is 63.1 Å². The summed E-state index contributed by atoms with van der Waals surface area (Å²) in [5, 5.41) is 33.3. The summed E-state index contributed by atoms with van der Waals surface area (Å²) < 4.78 is 200. The maximum atomic E-state index is 13.3. The average Bonchev–Trinajstić information content (AvgIpc) is 3.32. The molecule has 0 bridgehead atoms. The molecule has 6 rings (SSSR count). The van der Waals surface area contributed by atoms with Crippen LogP contribution in [0.4, 0.5) is 56.9 Å². The number of nitrogens with one attached hydrogen (secondary N) is 1. The van der Waals surface area contributed by atoms with Crippen LogP contribution in [-0.4, -0.2) is 106 Å². The third-order valence-corrected chi connectivity index (χ3v) is 16.7. The zero-order valence-corrected chi connectivity index (χ0v) is 44.1. The normalized spacial score (nSPS) is 13.0. The smallest absolute Gasteiger partial charge is 0.397 e. The fourth-order valence-corrected chi connectivity index (χ4v) is 11.5. The molecule has 10 N–H and O–H groups in total. The first-order valence-corrected chi connectivity index (χ1v) is 29.8. The number of hydrogen-bond donors (Lipinski definition) is 8. The Labute approximate surface area is 433 Å². The molecule has 0 spiro atoms. The molecule has 0 aliphatic carbocycles. The van der Waals surface area contributed by atoms with Crippen molar-refractivity contribution in [3.63, 3.8) is 0 Å². The monoisotopic (exact) mass is 1170 g/mol. The standard InChI is InChI=1S/C41H42N10O19S6/c1-4-51(5-2)32-21-29(42)31(22-33(32)69-3)47-44-24-6-8-26(9-7-24)50-72(55,56)27-12-10-25(11-13-27)45-48-39-35(74(60,61)62)18-23-19-36(75(63,64)65)40(41(52)37(23)38(39)43)49-46-30-15-14-28(20-34(30)73(57,58)59)71(53,54)17-16-70-76(66,67)68/h6-15,18-22,50,52H,4-5,16-17,42-43H2,1-3H3,(H,57,58,59)(H,60,61,62)(H,63,64,65)(H,66,67,68). The lowest BCUT2D eigenvalue weighted by atomic mass is 10.1. The number of fused-ring (bicyclic) bond motifs is 1. The molecule has 0 fully saturated rings. The molecule has 0 radical (unpaired) electrons. The first-order chi connectivity index (χ1) is 35.3. The van der Waals surface area contributed by atoms with Gasteiger partial charge in [0.1, 0.15) is 43.2 Å². The summed E-state index contributed by atoms with van der Waals surface area (Å²) in [5.41, 5.74) is 10.4. The number of nitrogens with zero attached hydrogens (tertiary/aromatic N) is 7. The number of phenols is 1. The highest BCUT2D eigenvalue weighted by molar-refractivity contribution is 7.92. The van der Waals surface area contributed by atoms with Crippen LogP contribution in [0.3, 0.4) is 0 Å². The fourth-order valence-electron chi connectivity index (χ4n) is 6.91. The number of aromatic hydroxyl groups is 1. The van der Waals surface area contributed by atoms with Crippen molar-refractivity contribution < 1.29 is 82.7 Å². The fraction of sp³-hybridized carbons (Fsp3) is 0.171. The topological polar surface area (TPSA) is 466 Å². The van der Waals surface area contributed by atoms with Gasteiger partial charge in [0, 0.05) is 24.8 Å². The summed E-state index contributed by atoms with van der Waals surface area (Å²) >= 11 is 0. The van der Waals surface area contributed by atoms with Gasteiger partial charge >= 0.3 is 10.4 Å². The van der Waals surface area contributed by atoms with Crippen LogP contribution in [0.25, 0.3) is 10.8 Å². The number of sulfone groups is 1. The Kier molecular flexibility index (Phi) is 16.9. The van der Waals surface area contributed by atoms with Gasteiger partial charge < -0.3 is 26.2 Å². The number of ether oxygens (including phenoxy) is 1. The van der Waals surface area contributed by atoms with Crippen molar-refractivity contribution in [3.8, 4) is 11.5 Å². The highest BCUT2D eigenvalue weighted by atomic mass is 32.3. The van der Waals surface area contributed by atoms with Gasteiger partial charge in [0.25, 0.3) is 40.4 Å². The predicted octanol–water partition coefficient (Wildman–Crippen LogP) is 6.94. The molecule has 0 saturated carbocycles. The van der Waals surface area contributed by atoms with E-state index in [4.69, 9.17) is 20.8 Å². The molecule has 6 aromatic carbocycles. The molecule has 0 unspecified atom stereocenters. The molecular weight excluding hydrogens is 1130 g/mol. The lowest BCUT2D eigenvalue weighted by molar-refractivity contribution is 0.284. The van der Waals surface area contributed by atoms with E-state index in [1.54, 1.807) is 12.1 Å². The Morgan fingerprint density at radius 3 is 1.64 bits per heavy atom. The van der Waals surface area contributed by atoms with E-state index < -0.39 is 132 Å². The van der Waals surface area contributed by atoms with Crippen molar-refractivity contribution in [2.24, 2.45) is 30.7 Å². The second-order valence-corrected chi connectivity index (χ2v) is 24.5. The minimum Gasteiger partial charge on any atom is -0.505 e. The summed E-state index contributed by atoms with van der Waals surface area (Å²) in [6.45, 7) is 4.28. The van der Waals surface area contributed by atoms with E-state index in [0.717, 1.165) is 30.0 Å². The lowest BCUT2D eigenvalue weighted by Crippen LogP contribution is -2.22. The molecule has 35 heteroatoms. The average molecular weight is 1170 g/mol. The minimum atomic E-state index is -5.50. The second-order valence-electron chi connectivity index (χ2n) is 15.4. The third-order valence-electron chi connectivity index (χ3n) is 10.5. The summed E-state index contributed by atoms with van der Waals surface area (Å²) in [7, 11) is -28.7. The summed E-state index contributed by atoms with van der Waals surface area (Å²) in [5.74, 6) is -1.91. The Morgan fingerprint density at radius 2 is 1.11 bits per heavy atom. The van der Waals surface area contributed by atoms with E-state index in [-0.39, 0.29) is 16.3 Å². The Hall–Kier alpha value is -7.32. The Bertz CT molecular complexity index is 4070. The minimum absolute atomic E-state index is 0.130. The highest BCUT2D eigenvalue weighted by Crippen LogP contribution is 2.49. The molecule has 0 heterocycles. The number of nitrogens with two attached hydrogens (primary N) is 2. The van der Waals surface area contributed by atoms with Crippen molar-refractivity contribution in [2.75, 3.05) is 53.6 Å². The van der Waals surface area contributed by atoms with E-state index in [0.29, 0.717) is 66.2 Å². The zero-order valence-electron chi connectivity index (χ0n) is 39.2. The zero-order chi connectivity index (χ0) is 56.3. The van der Waals surface area contributed by atoms with E-state index in [1.807, 2.05) is 13.8 Å². The van der Waals surface area contributed by atoms with E-state index in [1.165, 1.54) is 31.4 Å². The summed E-state index contributed by atoms with van der Waals surface area (Å²) in [4.78, 5) is -2.84. The Balaban J connectivity index is 1.29. The van der Waals surface area contributed by atoms with Crippen LogP contribution in [0.15, 0.2) is 146 Å². The highest BCUT2D eigenvalue weighted by Gasteiger charge is 2.29. The van der Waals surface area contributed by atoms with Crippen molar-refractivity contribution in [1.29, 1.82) is 0 Å². The quantitative estimate of drug-likeness (QED) is 0.0205. The van der Waals surface area contributed by atoms with Crippen LogP contribution in [0.5, 0.6) is 11.5 Å². The van der Waals surface area contributed by atoms with Gasteiger partial charge in [-0.2, -0.15) is 43.9 Å². The lowest BCUT2D eigenvalue weighted by Gasteiger charge is -2.24. The van der Waals surface area contributed by atoms with E-state index in [2.05, 4.69) is 44.5 Å². The van der Waals surface area contributed by atoms with Crippen LogP contribution in [0.1, 0.15) is 13.8 Å². The molecule has 0 aromatic heterocycles. The second kappa shape index (κ2) is 22.1. The SMILES string of the molecule is CCN(CC)c1cc(N)c(N=Nc2ccc(NS(=O)(=O)c3ccc(N=Nc4c(S(=O)(=O)O)cc5cc(S(=O)(=O)O)c(N=Nc6ccc(S(=O)(=O)CCOS(=O)(=O)O)cc6S(=O)(=O)O)c(O)c5c4N)cc3)cc2)cc1OC. The van der Waals surface area contributed by atoms with Crippen LogP contribution >= 0.6 is 0 Å². The van der Waals surface area contributed by atoms with Gasteiger partial charge in [0.15, 0.2) is 15.6 Å². The molecule has 0 amide bonds. The number of methoxy groups -OCH3 is 1. The number of sulfonamides is 1. The maximum absolute atomic E-state index is 13.3. The molecule has 0 aliphatic heterocycles. The third kappa shape index (κ3) is 13.6. The summed E-state index contributed by atoms with van der Waals surface area (Å²) in [6.07, 6.45) is 0. The van der Waals surface area contributed by atoms with Crippen LogP contribution in [-0.2, 0) is 64.8 Å². The number of azo groups is 3. The number of hydrogen-bond acceptors (Lipinski definition) is 24. The first kappa shape index (κ1) is 57.9. The largest absolute Gasteiger partial charge is 0.505 e. The number of phenolic OH excluding ortho intramolecular Hbond substituents is 1. The first-order valence-electron chi connectivity index (χ1n) is 21.0. The van der Waals surface area contributed by atoms with Gasteiger partial charge in [-0.15, -0.1) is 20.5 Å².